The molecule has 0 fully saturated rings. The Kier molecular flexibility index (Phi) is 5.13. The SMILES string of the molecule is CCCOc1cccc(NCc2ccc(O)c(Cl)c2)c1. The first kappa shape index (κ1) is 14.5. The van der Waals surface area contributed by atoms with Crippen molar-refractivity contribution in [1.82, 2.24) is 0 Å². The summed E-state index contributed by atoms with van der Waals surface area (Å²) >= 11 is 5.88. The van der Waals surface area contributed by atoms with Gasteiger partial charge in [0, 0.05) is 18.3 Å². The topological polar surface area (TPSA) is 41.5 Å². The maximum Gasteiger partial charge on any atom is 0.134 e. The molecule has 2 N–H and O–H groups in total. The summed E-state index contributed by atoms with van der Waals surface area (Å²) in [4.78, 5) is 0. The molecule has 0 aliphatic carbocycles. The van der Waals surface area contributed by atoms with Gasteiger partial charge in [-0.3, -0.25) is 0 Å². The molecular weight excluding hydrogens is 274 g/mol. The number of phenolic OH excluding ortho intramolecular Hbond substituents is 1. The van der Waals surface area contributed by atoms with Crippen LogP contribution in [0, 0.1) is 0 Å². The lowest BCUT2D eigenvalue weighted by molar-refractivity contribution is 0.317. The Morgan fingerprint density at radius 2 is 2.05 bits per heavy atom. The number of hydrogen-bond donors (Lipinski definition) is 2. The maximum atomic E-state index is 9.38. The summed E-state index contributed by atoms with van der Waals surface area (Å²) in [6.07, 6.45) is 0.990. The predicted molar refractivity (Wildman–Crippen MR) is 82.7 cm³/mol. The van der Waals surface area contributed by atoms with E-state index in [0.717, 1.165) is 30.0 Å². The van der Waals surface area contributed by atoms with Gasteiger partial charge in [-0.15, -0.1) is 0 Å². The molecule has 0 saturated carbocycles. The molecule has 0 aromatic heterocycles. The van der Waals surface area contributed by atoms with Gasteiger partial charge < -0.3 is 15.2 Å². The third-order valence-corrected chi connectivity index (χ3v) is 3.12. The number of ether oxygens (including phenoxy) is 1. The molecule has 0 aliphatic rings. The van der Waals surface area contributed by atoms with E-state index in [9.17, 15) is 5.11 Å². The summed E-state index contributed by atoms with van der Waals surface area (Å²) in [7, 11) is 0. The zero-order valence-electron chi connectivity index (χ0n) is 11.4. The predicted octanol–water partition coefficient (Wildman–Crippen LogP) is 4.45. The Morgan fingerprint density at radius 3 is 2.80 bits per heavy atom. The zero-order valence-corrected chi connectivity index (χ0v) is 12.2. The highest BCUT2D eigenvalue weighted by Crippen LogP contribution is 2.24. The average Bonchev–Trinajstić information content (AvgIpc) is 2.47. The van der Waals surface area contributed by atoms with Gasteiger partial charge in [0.15, 0.2) is 0 Å². The van der Waals surface area contributed by atoms with Crippen molar-refractivity contribution >= 4 is 17.3 Å². The van der Waals surface area contributed by atoms with Crippen LogP contribution in [0.5, 0.6) is 11.5 Å². The molecule has 0 bridgehead atoms. The van der Waals surface area contributed by atoms with Crippen LogP contribution in [0.1, 0.15) is 18.9 Å². The highest BCUT2D eigenvalue weighted by atomic mass is 35.5. The smallest absolute Gasteiger partial charge is 0.134 e. The molecule has 0 atom stereocenters. The molecule has 0 radical (unpaired) electrons. The van der Waals surface area contributed by atoms with E-state index in [-0.39, 0.29) is 5.75 Å². The van der Waals surface area contributed by atoms with Crippen LogP contribution in [-0.2, 0) is 6.54 Å². The second-order valence-corrected chi connectivity index (χ2v) is 4.92. The fourth-order valence-electron chi connectivity index (χ4n) is 1.78. The van der Waals surface area contributed by atoms with Crippen molar-refractivity contribution in [2.75, 3.05) is 11.9 Å². The molecule has 0 heterocycles. The molecule has 2 aromatic rings. The summed E-state index contributed by atoms with van der Waals surface area (Å²) in [5, 5.41) is 13.0. The van der Waals surface area contributed by atoms with Crippen molar-refractivity contribution in [3.63, 3.8) is 0 Å². The third kappa shape index (κ3) is 4.07. The van der Waals surface area contributed by atoms with Gasteiger partial charge in [0.25, 0.3) is 0 Å². The quantitative estimate of drug-likeness (QED) is 0.826. The van der Waals surface area contributed by atoms with Gasteiger partial charge >= 0.3 is 0 Å². The van der Waals surface area contributed by atoms with Crippen LogP contribution < -0.4 is 10.1 Å². The maximum absolute atomic E-state index is 9.38. The Labute approximate surface area is 124 Å². The first-order valence-corrected chi connectivity index (χ1v) is 7.01. The Bertz CT molecular complexity index is 572. The molecule has 0 aliphatic heterocycles. The summed E-state index contributed by atoms with van der Waals surface area (Å²) in [5.41, 5.74) is 2.00. The minimum atomic E-state index is 0.102. The second-order valence-electron chi connectivity index (χ2n) is 4.52. The number of nitrogens with one attached hydrogen (secondary N) is 1. The minimum absolute atomic E-state index is 0.102. The highest BCUT2D eigenvalue weighted by Gasteiger charge is 2.01. The fraction of sp³-hybridized carbons (Fsp3) is 0.250. The second kappa shape index (κ2) is 7.06. The van der Waals surface area contributed by atoms with Crippen molar-refractivity contribution in [2.45, 2.75) is 19.9 Å². The molecule has 2 aromatic carbocycles. The van der Waals surface area contributed by atoms with Gasteiger partial charge in [-0.2, -0.15) is 0 Å². The van der Waals surface area contributed by atoms with Crippen LogP contribution in [-0.4, -0.2) is 11.7 Å². The van der Waals surface area contributed by atoms with E-state index in [1.807, 2.05) is 30.3 Å². The van der Waals surface area contributed by atoms with Crippen molar-refractivity contribution in [1.29, 1.82) is 0 Å². The van der Waals surface area contributed by atoms with E-state index < -0.39 is 0 Å². The number of rotatable bonds is 6. The standard InChI is InChI=1S/C16H18ClNO2/c1-2-8-20-14-5-3-4-13(10-14)18-11-12-6-7-16(19)15(17)9-12/h3-7,9-10,18-19H,2,8,11H2,1H3. The average molecular weight is 292 g/mol. The van der Waals surface area contributed by atoms with Gasteiger partial charge in [-0.05, 0) is 36.2 Å². The van der Waals surface area contributed by atoms with Crippen LogP contribution in [0.2, 0.25) is 5.02 Å². The van der Waals surface area contributed by atoms with E-state index in [0.29, 0.717) is 11.6 Å². The summed E-state index contributed by atoms with van der Waals surface area (Å²) in [5.74, 6) is 0.964. The van der Waals surface area contributed by atoms with Crippen LogP contribution in [0.4, 0.5) is 5.69 Å². The van der Waals surface area contributed by atoms with E-state index in [4.69, 9.17) is 16.3 Å². The lowest BCUT2D eigenvalue weighted by Gasteiger charge is -2.10. The number of anilines is 1. The Balaban J connectivity index is 1.97. The van der Waals surface area contributed by atoms with Crippen LogP contribution in [0.15, 0.2) is 42.5 Å². The van der Waals surface area contributed by atoms with Crippen LogP contribution >= 0.6 is 11.6 Å². The van der Waals surface area contributed by atoms with Crippen LogP contribution in [0.3, 0.4) is 0 Å². The minimum Gasteiger partial charge on any atom is -0.506 e. The number of phenols is 1. The number of hydrogen-bond acceptors (Lipinski definition) is 3. The van der Waals surface area contributed by atoms with E-state index in [2.05, 4.69) is 12.2 Å². The number of aromatic hydroxyl groups is 1. The summed E-state index contributed by atoms with van der Waals surface area (Å²) < 4.78 is 5.59. The number of halogens is 1. The molecule has 3 nitrogen and oxygen atoms in total. The van der Waals surface area contributed by atoms with Gasteiger partial charge in [0.2, 0.25) is 0 Å². The summed E-state index contributed by atoms with van der Waals surface area (Å²) in [6, 6.07) is 13.0. The Morgan fingerprint density at radius 1 is 1.20 bits per heavy atom. The normalized spacial score (nSPS) is 10.3. The van der Waals surface area contributed by atoms with Crippen molar-refractivity contribution < 1.29 is 9.84 Å². The lowest BCUT2D eigenvalue weighted by atomic mass is 10.2. The molecule has 0 unspecified atom stereocenters. The highest BCUT2D eigenvalue weighted by molar-refractivity contribution is 6.32. The molecule has 0 spiro atoms. The molecule has 4 heteroatoms. The van der Waals surface area contributed by atoms with E-state index >= 15 is 0 Å². The largest absolute Gasteiger partial charge is 0.506 e. The molecule has 106 valence electrons. The van der Waals surface area contributed by atoms with Gasteiger partial charge in [-0.25, -0.2) is 0 Å². The lowest BCUT2D eigenvalue weighted by Crippen LogP contribution is -2.00. The number of benzene rings is 2. The van der Waals surface area contributed by atoms with Crippen molar-refractivity contribution in [3.8, 4) is 11.5 Å². The molecule has 2 rings (SSSR count). The first-order chi connectivity index (χ1) is 9.69. The molecule has 0 saturated heterocycles. The third-order valence-electron chi connectivity index (χ3n) is 2.82. The van der Waals surface area contributed by atoms with Gasteiger partial charge in [0.05, 0.1) is 11.6 Å². The summed E-state index contributed by atoms with van der Waals surface area (Å²) in [6.45, 7) is 3.44. The van der Waals surface area contributed by atoms with Gasteiger partial charge in [-0.1, -0.05) is 30.7 Å². The monoisotopic (exact) mass is 291 g/mol. The first-order valence-electron chi connectivity index (χ1n) is 6.63. The zero-order chi connectivity index (χ0) is 14.4. The van der Waals surface area contributed by atoms with Gasteiger partial charge in [0.1, 0.15) is 11.5 Å². The van der Waals surface area contributed by atoms with E-state index in [1.54, 1.807) is 12.1 Å². The van der Waals surface area contributed by atoms with Crippen molar-refractivity contribution in [2.24, 2.45) is 0 Å². The fourth-order valence-corrected chi connectivity index (χ4v) is 1.98. The van der Waals surface area contributed by atoms with E-state index in [1.165, 1.54) is 0 Å². The van der Waals surface area contributed by atoms with Crippen molar-refractivity contribution in [3.05, 3.63) is 53.1 Å². The molecule has 0 amide bonds. The Hall–Kier alpha value is -1.87. The van der Waals surface area contributed by atoms with Crippen LogP contribution in [0.25, 0.3) is 0 Å². The molecule has 20 heavy (non-hydrogen) atoms. The molecular formula is C16H18ClNO2.